The molecular formula is C41H53N9O12. The second-order valence-corrected chi connectivity index (χ2v) is 16.6. The van der Waals surface area contributed by atoms with Crippen molar-refractivity contribution in [2.75, 3.05) is 32.1 Å². The van der Waals surface area contributed by atoms with E-state index in [-0.39, 0.29) is 49.6 Å². The molecule has 62 heavy (non-hydrogen) atoms. The maximum absolute atomic E-state index is 14.3. The minimum Gasteiger partial charge on any atom is -0.480 e. The van der Waals surface area contributed by atoms with Crippen LogP contribution in [0.5, 0.6) is 5.75 Å². The van der Waals surface area contributed by atoms with Crippen LogP contribution < -0.4 is 52.6 Å². The number of aliphatic hydroxyl groups excluding tert-OH is 2. The van der Waals surface area contributed by atoms with Gasteiger partial charge in [0.05, 0.1) is 31.1 Å². The van der Waals surface area contributed by atoms with Crippen LogP contribution in [0.15, 0.2) is 36.4 Å². The first-order chi connectivity index (χ1) is 29.6. The fourth-order valence-corrected chi connectivity index (χ4v) is 9.05. The van der Waals surface area contributed by atoms with Gasteiger partial charge in [-0.25, -0.2) is 0 Å². The predicted octanol–water partition coefficient (Wildman–Crippen LogP) is -2.96. The Morgan fingerprint density at radius 1 is 0.952 bits per heavy atom. The summed E-state index contributed by atoms with van der Waals surface area (Å²) >= 11 is 0. The number of carboxylic acid groups (broad SMARTS) is 1. The summed E-state index contributed by atoms with van der Waals surface area (Å²) in [6.45, 7) is 2.03. The maximum Gasteiger partial charge on any atom is 0.317 e. The van der Waals surface area contributed by atoms with Gasteiger partial charge in [-0.3, -0.25) is 44.2 Å². The number of rotatable bonds is 9. The molecule has 21 heteroatoms. The van der Waals surface area contributed by atoms with Gasteiger partial charge in [-0.1, -0.05) is 25.1 Å². The molecule has 6 amide bonds. The van der Waals surface area contributed by atoms with E-state index in [4.69, 9.17) is 9.47 Å². The third-order valence-electron chi connectivity index (χ3n) is 12.2. The molecule has 11 atom stereocenters. The number of para-hydroxylation sites is 1. The molecule has 12 N–H and O–H groups in total. The molecule has 334 valence electrons. The zero-order valence-corrected chi connectivity index (χ0v) is 34.4. The Hall–Kier alpha value is -5.87. The first kappa shape index (κ1) is 44.2. The Balaban J connectivity index is 1.34. The summed E-state index contributed by atoms with van der Waals surface area (Å²) in [5.74, 6) is -4.83. The van der Waals surface area contributed by atoms with E-state index >= 15 is 0 Å². The highest BCUT2D eigenvalue weighted by molar-refractivity contribution is 5.94. The second kappa shape index (κ2) is 18.2. The van der Waals surface area contributed by atoms with Crippen molar-refractivity contribution < 1.29 is 58.4 Å². The Labute approximate surface area is 356 Å². The van der Waals surface area contributed by atoms with Crippen molar-refractivity contribution >= 4 is 47.1 Å². The number of methoxy groups -OCH3 is 1. The lowest BCUT2D eigenvalue weighted by Crippen LogP contribution is -2.60. The smallest absolute Gasteiger partial charge is 0.317 e. The second-order valence-electron chi connectivity index (χ2n) is 16.6. The zero-order chi connectivity index (χ0) is 44.5. The molecule has 4 bridgehead atoms. The number of benzene rings is 2. The Morgan fingerprint density at radius 2 is 1.73 bits per heavy atom. The van der Waals surface area contributed by atoms with E-state index in [9.17, 15) is 48.9 Å². The van der Waals surface area contributed by atoms with Crippen molar-refractivity contribution in [2.45, 2.75) is 106 Å². The van der Waals surface area contributed by atoms with E-state index in [1.165, 1.54) is 14.0 Å². The number of hydrogen-bond acceptors (Lipinski definition) is 14. The van der Waals surface area contributed by atoms with Crippen LogP contribution in [-0.2, 0) is 50.1 Å². The highest BCUT2D eigenvalue weighted by Crippen LogP contribution is 2.57. The summed E-state index contributed by atoms with van der Waals surface area (Å²) in [6.07, 6.45) is -4.29. The predicted molar refractivity (Wildman–Crippen MR) is 217 cm³/mol. The van der Waals surface area contributed by atoms with E-state index in [0.717, 1.165) is 0 Å². The van der Waals surface area contributed by atoms with E-state index in [1.807, 2.05) is 31.2 Å². The first-order valence-corrected chi connectivity index (χ1v) is 20.6. The number of hydrogen-bond donors (Lipinski definition) is 12. The van der Waals surface area contributed by atoms with Gasteiger partial charge in [-0.05, 0) is 73.4 Å². The summed E-state index contributed by atoms with van der Waals surface area (Å²) in [6, 6.07) is 4.76. The Bertz CT molecular complexity index is 2120. The summed E-state index contributed by atoms with van der Waals surface area (Å²) in [5.41, 5.74) is 1.53. The van der Waals surface area contributed by atoms with Crippen LogP contribution in [0.2, 0.25) is 0 Å². The van der Waals surface area contributed by atoms with Crippen LogP contribution >= 0.6 is 0 Å². The number of nitrogens with one attached hydrogen (secondary N) is 9. The topological polar surface area (TPSA) is 307 Å². The van der Waals surface area contributed by atoms with Gasteiger partial charge in [0, 0.05) is 24.8 Å². The van der Waals surface area contributed by atoms with Gasteiger partial charge in [-0.2, -0.15) is 0 Å². The summed E-state index contributed by atoms with van der Waals surface area (Å²) in [4.78, 5) is 92.0. The largest absolute Gasteiger partial charge is 0.480 e. The van der Waals surface area contributed by atoms with Gasteiger partial charge in [-0.15, -0.1) is 0 Å². The quantitative estimate of drug-likeness (QED) is 0.112. The standard InChI is InChI=1S/C41H53N9O12/c1-18-10-21-12-20-13-23-34(21)62-40-41(23,22-6-4-5-7-24(22)49-40)14-27(36(57)44-16-30(61-3)42-17-31(53)54)48-35(56)19(2)45-29(52)15-43-39(60)32(33(20)55)50-38(59)26(11-18)47-37(58)25-8-9-28(51)46-25/h4-7,12-13,18-19,25-27,30,32-33,38,40,42,49-50,55,59H,8-11,14-17H2,1-3H3,(H,43,60)(H,44,57)(H,45,52)(H,46,51)(H,47,58)(H,48,56)(H,53,54)/t18-,19-,25?,26-,27-,30?,32-,33+,38?,40+,41-/m0/s1. The number of carbonyl (C=O) groups excluding carboxylic acids is 6. The lowest BCUT2D eigenvalue weighted by atomic mass is 9.70. The number of amides is 6. The van der Waals surface area contributed by atoms with E-state index in [0.29, 0.717) is 34.5 Å². The summed E-state index contributed by atoms with van der Waals surface area (Å²) in [7, 11) is 1.34. The van der Waals surface area contributed by atoms with Crippen molar-refractivity contribution in [3.63, 3.8) is 0 Å². The van der Waals surface area contributed by atoms with E-state index < -0.39 is 109 Å². The molecule has 0 radical (unpaired) electrons. The van der Waals surface area contributed by atoms with Crippen molar-refractivity contribution in [2.24, 2.45) is 5.92 Å². The van der Waals surface area contributed by atoms with Crippen molar-refractivity contribution in [1.82, 2.24) is 42.5 Å². The number of aliphatic carboxylic acids is 1. The molecule has 5 aliphatic rings. The number of aliphatic hydroxyl groups is 2. The van der Waals surface area contributed by atoms with Gasteiger partial charge in [0.2, 0.25) is 35.4 Å². The lowest BCUT2D eigenvalue weighted by molar-refractivity contribution is -0.137. The molecule has 0 aromatic heterocycles. The van der Waals surface area contributed by atoms with Crippen molar-refractivity contribution in [3.05, 3.63) is 58.7 Å². The summed E-state index contributed by atoms with van der Waals surface area (Å²) < 4.78 is 12.1. The molecule has 2 aromatic carbocycles. The maximum atomic E-state index is 14.3. The number of carboxylic acids is 1. The van der Waals surface area contributed by atoms with Crippen molar-refractivity contribution in [1.29, 1.82) is 0 Å². The third kappa shape index (κ3) is 9.02. The molecule has 7 rings (SSSR count). The number of carbonyl (C=O) groups is 7. The monoisotopic (exact) mass is 863 g/mol. The molecule has 1 saturated heterocycles. The molecule has 1 fully saturated rings. The van der Waals surface area contributed by atoms with E-state index in [1.54, 1.807) is 12.1 Å². The van der Waals surface area contributed by atoms with Gasteiger partial charge in [0.25, 0.3) is 0 Å². The molecular weight excluding hydrogens is 811 g/mol. The van der Waals surface area contributed by atoms with E-state index in [2.05, 4.69) is 47.9 Å². The Kier molecular flexibility index (Phi) is 13.0. The van der Waals surface area contributed by atoms with Gasteiger partial charge < -0.3 is 62.0 Å². The third-order valence-corrected chi connectivity index (χ3v) is 12.2. The van der Waals surface area contributed by atoms with Gasteiger partial charge in [0.1, 0.15) is 48.5 Å². The minimum atomic E-state index is -1.67. The lowest BCUT2D eigenvalue weighted by Gasteiger charge is -2.34. The Morgan fingerprint density at radius 3 is 2.45 bits per heavy atom. The molecule has 5 aliphatic heterocycles. The average Bonchev–Trinajstić information content (AvgIpc) is 3.90. The first-order valence-electron chi connectivity index (χ1n) is 20.6. The molecule has 2 aromatic rings. The minimum absolute atomic E-state index is 0.131. The molecule has 1 spiro atoms. The molecule has 3 unspecified atom stereocenters. The van der Waals surface area contributed by atoms with Crippen LogP contribution in [0.25, 0.3) is 0 Å². The molecule has 5 heterocycles. The van der Waals surface area contributed by atoms with Crippen LogP contribution in [0.4, 0.5) is 5.69 Å². The van der Waals surface area contributed by atoms with Crippen LogP contribution in [-0.4, -0.2) is 132 Å². The van der Waals surface area contributed by atoms with Crippen molar-refractivity contribution in [3.8, 4) is 5.75 Å². The number of fused-ring (bicyclic) bond motifs is 4. The highest BCUT2D eigenvalue weighted by atomic mass is 16.5. The highest BCUT2D eigenvalue weighted by Gasteiger charge is 2.58. The SMILES string of the molecule is COC(CNC(=O)[C@@H]1C[C@@]23c4ccccc4N[C@@H]2Oc2c4cc(cc23)[C@@H](O)[C@H](NC(O)[C@@H](NC(=O)C2CCC(=O)N2)C[C@@H](C)C4)C(=O)NCC(=O)N[C@@H](C)C(=O)N1)NCC(=O)O. The number of anilines is 1. The van der Waals surface area contributed by atoms with Crippen LogP contribution in [0.1, 0.15) is 67.9 Å². The zero-order valence-electron chi connectivity index (χ0n) is 34.4. The fraction of sp³-hybridized carbons (Fsp3) is 0.537. The molecule has 21 nitrogen and oxygen atoms in total. The van der Waals surface area contributed by atoms with Gasteiger partial charge in [0.15, 0.2) is 6.23 Å². The van der Waals surface area contributed by atoms with Gasteiger partial charge >= 0.3 is 5.97 Å². The average molecular weight is 864 g/mol. The normalized spacial score (nSPS) is 31.1. The molecule has 0 aliphatic carbocycles. The summed E-state index contributed by atoms with van der Waals surface area (Å²) in [5, 5.41) is 58.1. The molecule has 0 saturated carbocycles. The van der Waals surface area contributed by atoms with Crippen LogP contribution in [0.3, 0.4) is 0 Å². The van der Waals surface area contributed by atoms with Crippen LogP contribution in [0, 0.1) is 5.92 Å². The fourth-order valence-electron chi connectivity index (χ4n) is 9.05. The number of ether oxygens (including phenoxy) is 2.